The van der Waals surface area contributed by atoms with Gasteiger partial charge in [-0.25, -0.2) is 0 Å². The lowest BCUT2D eigenvalue weighted by Gasteiger charge is -2.37. The van der Waals surface area contributed by atoms with Gasteiger partial charge >= 0.3 is 0 Å². The molecule has 0 fully saturated rings. The summed E-state index contributed by atoms with van der Waals surface area (Å²) < 4.78 is 5.42. The van der Waals surface area contributed by atoms with Gasteiger partial charge in [0.25, 0.3) is 5.91 Å². The molecular formula is C14H21N3O2. The van der Waals surface area contributed by atoms with Gasteiger partial charge in [-0.2, -0.15) is 0 Å². The number of fused-ring (bicyclic) bond motifs is 1. The normalized spacial score (nSPS) is 15.0. The summed E-state index contributed by atoms with van der Waals surface area (Å²) in [5, 5.41) is 0. The van der Waals surface area contributed by atoms with E-state index in [1.54, 1.807) is 11.9 Å². The van der Waals surface area contributed by atoms with Crippen molar-refractivity contribution < 1.29 is 9.53 Å². The SMILES string of the molecule is CN1C(=O)COc2ccc(N(C)C(C)(C)CN)cc21. The van der Waals surface area contributed by atoms with Crippen LogP contribution in [0.25, 0.3) is 0 Å². The number of amides is 1. The molecule has 5 nitrogen and oxygen atoms in total. The Morgan fingerprint density at radius 2 is 2.16 bits per heavy atom. The number of likely N-dealkylation sites (N-methyl/N-ethyl adjacent to an activating group) is 2. The van der Waals surface area contributed by atoms with E-state index in [-0.39, 0.29) is 18.1 Å². The summed E-state index contributed by atoms with van der Waals surface area (Å²) in [6, 6.07) is 5.85. The van der Waals surface area contributed by atoms with E-state index in [0.717, 1.165) is 17.1 Å². The van der Waals surface area contributed by atoms with Crippen LogP contribution in [0.1, 0.15) is 13.8 Å². The zero-order chi connectivity index (χ0) is 14.2. The third-order valence-corrected chi connectivity index (χ3v) is 3.82. The van der Waals surface area contributed by atoms with Crippen LogP contribution in [0.2, 0.25) is 0 Å². The van der Waals surface area contributed by atoms with E-state index in [2.05, 4.69) is 18.7 Å². The van der Waals surface area contributed by atoms with Crippen LogP contribution in [0.15, 0.2) is 18.2 Å². The fourth-order valence-corrected chi connectivity index (χ4v) is 1.96. The fourth-order valence-electron chi connectivity index (χ4n) is 1.96. The number of carbonyl (C=O) groups excluding carboxylic acids is 1. The highest BCUT2D eigenvalue weighted by atomic mass is 16.5. The summed E-state index contributed by atoms with van der Waals surface area (Å²) in [5.74, 6) is 0.704. The zero-order valence-corrected chi connectivity index (χ0v) is 11.9. The molecule has 1 amide bonds. The molecule has 1 heterocycles. The fraction of sp³-hybridized carbons (Fsp3) is 0.500. The first kappa shape index (κ1) is 13.7. The Morgan fingerprint density at radius 3 is 2.79 bits per heavy atom. The second kappa shape index (κ2) is 4.74. The lowest BCUT2D eigenvalue weighted by Crippen LogP contribution is -2.47. The van der Waals surface area contributed by atoms with E-state index in [1.165, 1.54) is 0 Å². The molecule has 19 heavy (non-hydrogen) atoms. The number of anilines is 2. The highest BCUT2D eigenvalue weighted by Crippen LogP contribution is 2.35. The lowest BCUT2D eigenvalue weighted by molar-refractivity contribution is -0.120. The number of hydrogen-bond donors (Lipinski definition) is 1. The van der Waals surface area contributed by atoms with Crippen molar-refractivity contribution >= 4 is 17.3 Å². The summed E-state index contributed by atoms with van der Waals surface area (Å²) >= 11 is 0. The summed E-state index contributed by atoms with van der Waals surface area (Å²) in [7, 11) is 3.77. The Bertz CT molecular complexity index is 499. The van der Waals surface area contributed by atoms with Crippen molar-refractivity contribution in [1.82, 2.24) is 0 Å². The minimum absolute atomic E-state index is 0.0367. The number of ether oxygens (including phenoxy) is 1. The third kappa shape index (κ3) is 2.38. The second-order valence-corrected chi connectivity index (χ2v) is 5.47. The van der Waals surface area contributed by atoms with Crippen LogP contribution in [0, 0.1) is 0 Å². The van der Waals surface area contributed by atoms with E-state index in [0.29, 0.717) is 6.54 Å². The summed E-state index contributed by atoms with van der Waals surface area (Å²) in [6.45, 7) is 4.81. The molecule has 5 heteroatoms. The van der Waals surface area contributed by atoms with Crippen molar-refractivity contribution in [3.63, 3.8) is 0 Å². The van der Waals surface area contributed by atoms with Gasteiger partial charge in [-0.05, 0) is 32.0 Å². The minimum atomic E-state index is -0.146. The first-order valence-corrected chi connectivity index (χ1v) is 6.34. The number of hydrogen-bond acceptors (Lipinski definition) is 4. The number of benzene rings is 1. The van der Waals surface area contributed by atoms with Crippen LogP contribution < -0.4 is 20.3 Å². The first-order chi connectivity index (χ1) is 8.86. The Hall–Kier alpha value is -1.75. The Kier molecular flexibility index (Phi) is 3.41. The topological polar surface area (TPSA) is 58.8 Å². The molecule has 1 aromatic carbocycles. The van der Waals surface area contributed by atoms with Gasteiger partial charge in [-0.1, -0.05) is 0 Å². The number of rotatable bonds is 3. The minimum Gasteiger partial charge on any atom is -0.482 e. The highest BCUT2D eigenvalue weighted by molar-refractivity contribution is 5.97. The van der Waals surface area contributed by atoms with Crippen molar-refractivity contribution in [3.05, 3.63) is 18.2 Å². The summed E-state index contributed by atoms with van der Waals surface area (Å²) in [6.07, 6.45) is 0. The molecule has 0 unspecified atom stereocenters. The average molecular weight is 263 g/mol. The quantitative estimate of drug-likeness (QED) is 0.890. The maximum absolute atomic E-state index is 11.7. The van der Waals surface area contributed by atoms with Crippen LogP contribution in [0.4, 0.5) is 11.4 Å². The molecule has 0 radical (unpaired) electrons. The molecular weight excluding hydrogens is 242 g/mol. The van der Waals surface area contributed by atoms with E-state index >= 15 is 0 Å². The van der Waals surface area contributed by atoms with E-state index in [4.69, 9.17) is 10.5 Å². The monoisotopic (exact) mass is 263 g/mol. The van der Waals surface area contributed by atoms with Crippen LogP contribution in [-0.2, 0) is 4.79 Å². The van der Waals surface area contributed by atoms with Gasteiger partial charge in [0.05, 0.1) is 5.69 Å². The lowest BCUT2D eigenvalue weighted by atomic mass is 10.0. The second-order valence-electron chi connectivity index (χ2n) is 5.47. The molecule has 0 aliphatic carbocycles. The molecule has 2 N–H and O–H groups in total. The number of nitrogens with zero attached hydrogens (tertiary/aromatic N) is 2. The molecule has 0 bridgehead atoms. The number of carbonyl (C=O) groups is 1. The van der Waals surface area contributed by atoms with Gasteiger partial charge in [0, 0.05) is 31.9 Å². The predicted molar refractivity (Wildman–Crippen MR) is 76.9 cm³/mol. The van der Waals surface area contributed by atoms with Gasteiger partial charge in [0.1, 0.15) is 5.75 Å². The molecule has 0 aromatic heterocycles. The standard InChI is InChI=1S/C14H21N3O2/c1-14(2,9-15)17(4)10-5-6-12-11(7-10)16(3)13(18)8-19-12/h5-7H,8-9,15H2,1-4H3. The molecule has 0 saturated heterocycles. The molecule has 1 aliphatic heterocycles. The summed E-state index contributed by atoms with van der Waals surface area (Å²) in [4.78, 5) is 15.4. The molecule has 0 atom stereocenters. The van der Waals surface area contributed by atoms with Crippen molar-refractivity contribution in [2.24, 2.45) is 5.73 Å². The molecule has 0 spiro atoms. The zero-order valence-electron chi connectivity index (χ0n) is 11.9. The molecule has 1 aromatic rings. The predicted octanol–water partition coefficient (Wildman–Crippen LogP) is 1.22. The van der Waals surface area contributed by atoms with Crippen molar-refractivity contribution in [2.45, 2.75) is 19.4 Å². The number of nitrogens with two attached hydrogens (primary N) is 1. The van der Waals surface area contributed by atoms with Crippen LogP contribution in [-0.4, -0.2) is 38.7 Å². The molecule has 104 valence electrons. The van der Waals surface area contributed by atoms with Crippen molar-refractivity contribution in [1.29, 1.82) is 0 Å². The van der Waals surface area contributed by atoms with Crippen LogP contribution in [0.5, 0.6) is 5.75 Å². The van der Waals surface area contributed by atoms with Crippen molar-refractivity contribution in [2.75, 3.05) is 37.0 Å². The van der Waals surface area contributed by atoms with Gasteiger partial charge in [0.15, 0.2) is 6.61 Å². The Morgan fingerprint density at radius 1 is 1.47 bits per heavy atom. The van der Waals surface area contributed by atoms with Crippen molar-refractivity contribution in [3.8, 4) is 5.75 Å². The largest absolute Gasteiger partial charge is 0.482 e. The van der Waals surface area contributed by atoms with Crippen LogP contribution in [0.3, 0.4) is 0 Å². The Balaban J connectivity index is 2.38. The first-order valence-electron chi connectivity index (χ1n) is 6.34. The van der Waals surface area contributed by atoms with Gasteiger partial charge in [0.2, 0.25) is 0 Å². The highest BCUT2D eigenvalue weighted by Gasteiger charge is 2.26. The van der Waals surface area contributed by atoms with E-state index < -0.39 is 0 Å². The van der Waals surface area contributed by atoms with Gasteiger partial charge in [-0.3, -0.25) is 4.79 Å². The molecule has 0 saturated carbocycles. The third-order valence-electron chi connectivity index (χ3n) is 3.82. The average Bonchev–Trinajstić information content (AvgIpc) is 2.42. The smallest absolute Gasteiger partial charge is 0.264 e. The van der Waals surface area contributed by atoms with E-state index in [9.17, 15) is 4.79 Å². The maximum atomic E-state index is 11.7. The maximum Gasteiger partial charge on any atom is 0.264 e. The van der Waals surface area contributed by atoms with Gasteiger partial charge in [-0.15, -0.1) is 0 Å². The van der Waals surface area contributed by atoms with E-state index in [1.807, 2.05) is 25.2 Å². The molecule has 1 aliphatic rings. The summed E-state index contributed by atoms with van der Waals surface area (Å²) in [5.41, 5.74) is 7.47. The molecule has 2 rings (SSSR count). The van der Waals surface area contributed by atoms with Crippen LogP contribution >= 0.6 is 0 Å². The van der Waals surface area contributed by atoms with Gasteiger partial charge < -0.3 is 20.3 Å². The Labute approximate surface area is 113 Å².